The number of piperidine rings is 1. The third kappa shape index (κ3) is 6.29. The first kappa shape index (κ1) is 21.8. The molecule has 160 valence electrons. The van der Waals surface area contributed by atoms with Gasteiger partial charge in [0.25, 0.3) is 11.8 Å². The van der Waals surface area contributed by atoms with Gasteiger partial charge in [-0.2, -0.15) is 0 Å². The van der Waals surface area contributed by atoms with Gasteiger partial charge in [0.2, 0.25) is 0 Å². The van der Waals surface area contributed by atoms with Gasteiger partial charge < -0.3 is 24.8 Å². The van der Waals surface area contributed by atoms with E-state index in [1.807, 2.05) is 0 Å². The Hall–Kier alpha value is -2.93. The van der Waals surface area contributed by atoms with Crippen LogP contribution in [-0.2, 0) is 9.59 Å². The largest absolute Gasteiger partial charge is 0.508 e. The Bertz CT molecular complexity index is 849. The molecule has 2 amide bonds. The zero-order valence-corrected chi connectivity index (χ0v) is 17.5. The number of nitrogens with one attached hydrogen (secondary N) is 1. The molecule has 0 bridgehead atoms. The van der Waals surface area contributed by atoms with Gasteiger partial charge in [-0.25, -0.2) is 0 Å². The highest BCUT2D eigenvalue weighted by molar-refractivity contribution is 6.30. The number of rotatable bonds is 7. The summed E-state index contributed by atoms with van der Waals surface area (Å²) < 4.78 is 11.1. The summed E-state index contributed by atoms with van der Waals surface area (Å²) in [6.07, 6.45) is 0.677. The van der Waals surface area contributed by atoms with Crippen molar-refractivity contribution in [2.45, 2.75) is 31.9 Å². The molecule has 1 unspecified atom stereocenters. The third-order valence-corrected chi connectivity index (χ3v) is 5.14. The fourth-order valence-corrected chi connectivity index (χ4v) is 3.27. The summed E-state index contributed by atoms with van der Waals surface area (Å²) in [6, 6.07) is 13.1. The lowest BCUT2D eigenvalue weighted by atomic mass is 10.0. The van der Waals surface area contributed by atoms with Crippen molar-refractivity contribution >= 4 is 23.4 Å². The van der Waals surface area contributed by atoms with Gasteiger partial charge in [0.05, 0.1) is 0 Å². The minimum Gasteiger partial charge on any atom is -0.508 e. The van der Waals surface area contributed by atoms with E-state index in [1.165, 1.54) is 12.1 Å². The minimum atomic E-state index is -0.665. The zero-order chi connectivity index (χ0) is 21.5. The van der Waals surface area contributed by atoms with Crippen LogP contribution in [0.3, 0.4) is 0 Å². The molecule has 1 fully saturated rings. The second-order valence-corrected chi connectivity index (χ2v) is 7.60. The van der Waals surface area contributed by atoms with Gasteiger partial charge in [0, 0.05) is 24.2 Å². The molecule has 2 aromatic rings. The van der Waals surface area contributed by atoms with Crippen molar-refractivity contribution in [3.8, 4) is 17.2 Å². The second-order valence-electron chi connectivity index (χ2n) is 7.16. The SMILES string of the molecule is CC(Oc1ccc(O)cc1)C(=O)NC1CCN(C(=O)COc2ccc(Cl)cc2)CC1. The number of hydrogen-bond donors (Lipinski definition) is 2. The summed E-state index contributed by atoms with van der Waals surface area (Å²) in [5.41, 5.74) is 0. The quantitative estimate of drug-likeness (QED) is 0.702. The maximum absolute atomic E-state index is 12.4. The van der Waals surface area contributed by atoms with E-state index < -0.39 is 6.10 Å². The first-order valence-electron chi connectivity index (χ1n) is 9.83. The van der Waals surface area contributed by atoms with Crippen LogP contribution in [0.15, 0.2) is 48.5 Å². The summed E-state index contributed by atoms with van der Waals surface area (Å²) >= 11 is 5.83. The van der Waals surface area contributed by atoms with E-state index in [1.54, 1.807) is 48.2 Å². The standard InChI is InChI=1S/C22H25ClN2O5/c1-15(30-20-8-4-18(26)5-9-20)22(28)24-17-10-12-25(13-11-17)21(27)14-29-19-6-2-16(23)3-7-19/h2-9,15,17,26H,10-14H2,1H3,(H,24,28). The maximum Gasteiger partial charge on any atom is 0.260 e. The number of amides is 2. The molecule has 1 atom stereocenters. The van der Waals surface area contributed by atoms with Crippen LogP contribution >= 0.6 is 11.6 Å². The van der Waals surface area contributed by atoms with Crippen LogP contribution in [-0.4, -0.2) is 53.7 Å². The molecule has 30 heavy (non-hydrogen) atoms. The lowest BCUT2D eigenvalue weighted by molar-refractivity contribution is -0.134. The summed E-state index contributed by atoms with van der Waals surface area (Å²) in [5, 5.41) is 12.9. The first-order valence-corrected chi connectivity index (χ1v) is 10.2. The van der Waals surface area contributed by atoms with Gasteiger partial charge >= 0.3 is 0 Å². The summed E-state index contributed by atoms with van der Waals surface area (Å²) in [6.45, 7) is 2.76. The molecule has 8 heteroatoms. The molecule has 0 saturated carbocycles. The van der Waals surface area contributed by atoms with Crippen molar-refractivity contribution in [1.82, 2.24) is 10.2 Å². The predicted molar refractivity (Wildman–Crippen MR) is 113 cm³/mol. The van der Waals surface area contributed by atoms with E-state index in [0.717, 1.165) is 0 Å². The summed E-state index contributed by atoms with van der Waals surface area (Å²) in [4.78, 5) is 26.5. The smallest absolute Gasteiger partial charge is 0.260 e. The number of hydrogen-bond acceptors (Lipinski definition) is 5. The molecule has 0 radical (unpaired) electrons. The van der Waals surface area contributed by atoms with Crippen molar-refractivity contribution in [2.24, 2.45) is 0 Å². The molecule has 0 spiro atoms. The highest BCUT2D eigenvalue weighted by Crippen LogP contribution is 2.18. The van der Waals surface area contributed by atoms with Crippen molar-refractivity contribution in [2.75, 3.05) is 19.7 Å². The van der Waals surface area contributed by atoms with Crippen molar-refractivity contribution in [3.63, 3.8) is 0 Å². The van der Waals surface area contributed by atoms with Gasteiger partial charge in [-0.3, -0.25) is 9.59 Å². The molecule has 1 saturated heterocycles. The van der Waals surface area contributed by atoms with Gasteiger partial charge in [0.15, 0.2) is 12.7 Å². The average molecular weight is 433 g/mol. The Kier molecular flexibility index (Phi) is 7.41. The van der Waals surface area contributed by atoms with E-state index in [2.05, 4.69) is 5.32 Å². The molecule has 2 N–H and O–H groups in total. The molecule has 2 aromatic carbocycles. The zero-order valence-electron chi connectivity index (χ0n) is 16.7. The van der Waals surface area contributed by atoms with Crippen LogP contribution in [0.2, 0.25) is 5.02 Å². The number of phenols is 1. The summed E-state index contributed by atoms with van der Waals surface area (Å²) in [7, 11) is 0. The molecule has 3 rings (SSSR count). The molecule has 0 aliphatic carbocycles. The number of halogens is 1. The molecular formula is C22H25ClN2O5. The Morgan fingerprint density at radius 2 is 1.70 bits per heavy atom. The Morgan fingerprint density at radius 3 is 2.33 bits per heavy atom. The number of benzene rings is 2. The predicted octanol–water partition coefficient (Wildman–Crippen LogP) is 3.00. The highest BCUT2D eigenvalue weighted by Gasteiger charge is 2.26. The number of carbonyl (C=O) groups is 2. The van der Waals surface area contributed by atoms with Gasteiger partial charge in [-0.05, 0) is 68.3 Å². The van der Waals surface area contributed by atoms with Crippen molar-refractivity contribution in [3.05, 3.63) is 53.6 Å². The number of phenolic OH excluding ortho intramolecular Hbond substituents is 1. The average Bonchev–Trinajstić information content (AvgIpc) is 2.75. The van der Waals surface area contributed by atoms with E-state index in [-0.39, 0.29) is 30.2 Å². The van der Waals surface area contributed by atoms with E-state index in [9.17, 15) is 14.7 Å². The third-order valence-electron chi connectivity index (χ3n) is 4.89. The van der Waals surface area contributed by atoms with Crippen molar-refractivity contribution < 1.29 is 24.2 Å². The lowest BCUT2D eigenvalue weighted by Crippen LogP contribution is -2.50. The topological polar surface area (TPSA) is 88.1 Å². The molecular weight excluding hydrogens is 408 g/mol. The van der Waals surface area contributed by atoms with Crippen LogP contribution in [0.5, 0.6) is 17.2 Å². The van der Waals surface area contributed by atoms with Crippen LogP contribution in [0.4, 0.5) is 0 Å². The van der Waals surface area contributed by atoms with Gasteiger partial charge in [0.1, 0.15) is 17.2 Å². The normalized spacial score (nSPS) is 15.3. The van der Waals surface area contributed by atoms with Crippen molar-refractivity contribution in [1.29, 1.82) is 0 Å². The molecule has 1 heterocycles. The molecule has 1 aliphatic heterocycles. The highest BCUT2D eigenvalue weighted by atomic mass is 35.5. The second kappa shape index (κ2) is 10.2. The first-order chi connectivity index (χ1) is 14.4. The van der Waals surface area contributed by atoms with Crippen LogP contribution in [0.1, 0.15) is 19.8 Å². The monoisotopic (exact) mass is 432 g/mol. The van der Waals surface area contributed by atoms with Crippen LogP contribution in [0, 0.1) is 0 Å². The Morgan fingerprint density at radius 1 is 1.10 bits per heavy atom. The Balaban J connectivity index is 1.38. The lowest BCUT2D eigenvalue weighted by Gasteiger charge is -2.32. The van der Waals surface area contributed by atoms with E-state index in [0.29, 0.717) is 42.5 Å². The number of aromatic hydroxyl groups is 1. The fraction of sp³-hybridized carbons (Fsp3) is 0.364. The number of carbonyl (C=O) groups excluding carboxylic acids is 2. The molecule has 0 aromatic heterocycles. The fourth-order valence-electron chi connectivity index (χ4n) is 3.14. The van der Waals surface area contributed by atoms with Gasteiger partial charge in [-0.15, -0.1) is 0 Å². The Labute approximate surface area is 180 Å². The van der Waals surface area contributed by atoms with E-state index in [4.69, 9.17) is 21.1 Å². The van der Waals surface area contributed by atoms with Crippen LogP contribution < -0.4 is 14.8 Å². The van der Waals surface area contributed by atoms with Gasteiger partial charge in [-0.1, -0.05) is 11.6 Å². The number of ether oxygens (including phenoxy) is 2. The number of nitrogens with zero attached hydrogens (tertiary/aromatic N) is 1. The summed E-state index contributed by atoms with van der Waals surface area (Å²) in [5.74, 6) is 0.950. The molecule has 1 aliphatic rings. The maximum atomic E-state index is 12.4. The minimum absolute atomic E-state index is 0.00963. The van der Waals surface area contributed by atoms with Crippen LogP contribution in [0.25, 0.3) is 0 Å². The number of likely N-dealkylation sites (tertiary alicyclic amines) is 1. The van der Waals surface area contributed by atoms with E-state index >= 15 is 0 Å². The molecule has 7 nitrogen and oxygen atoms in total.